The average Bonchev–Trinajstić information content (AvgIpc) is 3.25. The molecule has 4 rings (SSSR count). The van der Waals surface area contributed by atoms with Gasteiger partial charge in [0.2, 0.25) is 5.91 Å². The highest BCUT2D eigenvalue weighted by molar-refractivity contribution is 5.89. The Hall–Kier alpha value is -4.00. The lowest BCUT2D eigenvalue weighted by Crippen LogP contribution is -2.28. The number of nitrogens with one attached hydrogen (secondary N) is 2. The molecular formula is C26H26N4O3. The van der Waals surface area contributed by atoms with Crippen molar-refractivity contribution in [3.63, 3.8) is 0 Å². The summed E-state index contributed by atoms with van der Waals surface area (Å²) in [5.41, 5.74) is 4.46. The van der Waals surface area contributed by atoms with Crippen molar-refractivity contribution >= 4 is 22.5 Å². The minimum Gasteiger partial charge on any atom is -0.361 e. The standard InChI is InChI=1S/C26H26N4O3/c1-17(2)15-29-26(31)14-22(18-6-5-7-20(12-18)30(32)33)23-16-28-25-13-19(9-10-21(23)25)24-8-3-4-11-27-24/h3-13,16-17,22,28H,14-15H2,1-2H3,(H,29,31). The minimum absolute atomic E-state index is 0.0115. The zero-order valence-corrected chi connectivity index (χ0v) is 18.6. The van der Waals surface area contributed by atoms with Crippen molar-refractivity contribution in [1.29, 1.82) is 0 Å². The van der Waals surface area contributed by atoms with Gasteiger partial charge in [-0.05, 0) is 35.2 Å². The first-order valence-corrected chi connectivity index (χ1v) is 11.0. The Morgan fingerprint density at radius 2 is 1.97 bits per heavy atom. The van der Waals surface area contributed by atoms with Crippen LogP contribution in [0.1, 0.15) is 37.3 Å². The Morgan fingerprint density at radius 1 is 1.12 bits per heavy atom. The molecule has 1 unspecified atom stereocenters. The first-order valence-electron chi connectivity index (χ1n) is 11.0. The highest BCUT2D eigenvalue weighted by Crippen LogP contribution is 2.36. The van der Waals surface area contributed by atoms with Crippen molar-refractivity contribution < 1.29 is 9.72 Å². The Morgan fingerprint density at radius 3 is 2.70 bits per heavy atom. The Bertz CT molecular complexity index is 1280. The summed E-state index contributed by atoms with van der Waals surface area (Å²) in [5.74, 6) is -0.0745. The number of pyridine rings is 1. The molecule has 2 N–H and O–H groups in total. The van der Waals surface area contributed by atoms with Gasteiger partial charge < -0.3 is 10.3 Å². The molecule has 0 radical (unpaired) electrons. The molecule has 0 aliphatic rings. The maximum Gasteiger partial charge on any atom is 0.269 e. The molecule has 2 aromatic carbocycles. The summed E-state index contributed by atoms with van der Waals surface area (Å²) in [5, 5.41) is 15.3. The molecule has 2 heterocycles. The van der Waals surface area contributed by atoms with Gasteiger partial charge in [0.15, 0.2) is 0 Å². The first kappa shape index (κ1) is 22.2. The smallest absolute Gasteiger partial charge is 0.269 e. The molecule has 0 aliphatic heterocycles. The van der Waals surface area contributed by atoms with Crippen LogP contribution in [0.2, 0.25) is 0 Å². The van der Waals surface area contributed by atoms with E-state index >= 15 is 0 Å². The van der Waals surface area contributed by atoms with E-state index in [1.165, 1.54) is 6.07 Å². The van der Waals surface area contributed by atoms with Crippen molar-refractivity contribution in [3.8, 4) is 11.3 Å². The number of amides is 1. The third kappa shape index (κ3) is 5.09. The molecule has 168 valence electrons. The fourth-order valence-corrected chi connectivity index (χ4v) is 3.97. The number of fused-ring (bicyclic) bond motifs is 1. The molecule has 0 aliphatic carbocycles. The molecule has 4 aromatic rings. The van der Waals surface area contributed by atoms with E-state index < -0.39 is 4.92 Å². The van der Waals surface area contributed by atoms with Gasteiger partial charge in [-0.25, -0.2) is 0 Å². The SMILES string of the molecule is CC(C)CNC(=O)CC(c1cccc([N+](=O)[O-])c1)c1c[nH]c2cc(-c3ccccn3)ccc12. The molecule has 1 amide bonds. The van der Waals surface area contributed by atoms with Crippen LogP contribution in [-0.4, -0.2) is 27.3 Å². The number of carbonyl (C=O) groups excluding carboxylic acids is 1. The predicted molar refractivity (Wildman–Crippen MR) is 129 cm³/mol. The number of nitro benzene ring substituents is 1. The lowest BCUT2D eigenvalue weighted by atomic mass is 9.87. The molecule has 0 spiro atoms. The highest BCUT2D eigenvalue weighted by atomic mass is 16.6. The number of nitro groups is 1. The summed E-state index contributed by atoms with van der Waals surface area (Å²) in [6, 6.07) is 18.4. The van der Waals surface area contributed by atoms with Crippen molar-refractivity contribution in [2.45, 2.75) is 26.2 Å². The van der Waals surface area contributed by atoms with Crippen LogP contribution in [0.4, 0.5) is 5.69 Å². The van der Waals surface area contributed by atoms with Crippen LogP contribution >= 0.6 is 0 Å². The number of H-pyrrole nitrogens is 1. The van der Waals surface area contributed by atoms with E-state index in [1.54, 1.807) is 18.3 Å². The van der Waals surface area contributed by atoms with E-state index in [1.807, 2.05) is 62.5 Å². The Kier molecular flexibility index (Phi) is 6.49. The van der Waals surface area contributed by atoms with Gasteiger partial charge >= 0.3 is 0 Å². The van der Waals surface area contributed by atoms with Gasteiger partial charge in [0.25, 0.3) is 5.69 Å². The van der Waals surface area contributed by atoms with E-state index in [0.717, 1.165) is 33.3 Å². The summed E-state index contributed by atoms with van der Waals surface area (Å²) < 4.78 is 0. The second-order valence-electron chi connectivity index (χ2n) is 8.53. The van der Waals surface area contributed by atoms with Crippen LogP contribution in [0, 0.1) is 16.0 Å². The summed E-state index contributed by atoms with van der Waals surface area (Å²) in [7, 11) is 0. The lowest BCUT2D eigenvalue weighted by molar-refractivity contribution is -0.384. The molecular weight excluding hydrogens is 416 g/mol. The first-order chi connectivity index (χ1) is 15.9. The molecule has 1 atom stereocenters. The molecule has 0 saturated carbocycles. The van der Waals surface area contributed by atoms with Gasteiger partial charge in [0, 0.05) is 59.9 Å². The van der Waals surface area contributed by atoms with Gasteiger partial charge in [0.1, 0.15) is 0 Å². The largest absolute Gasteiger partial charge is 0.361 e. The molecule has 0 bridgehead atoms. The Labute approximate surface area is 192 Å². The zero-order chi connectivity index (χ0) is 23.4. The second-order valence-corrected chi connectivity index (χ2v) is 8.53. The van der Waals surface area contributed by atoms with Crippen LogP contribution in [0.5, 0.6) is 0 Å². The number of benzene rings is 2. The summed E-state index contributed by atoms with van der Waals surface area (Å²) in [4.78, 5) is 31.4. The quantitative estimate of drug-likeness (QED) is 0.280. The molecule has 33 heavy (non-hydrogen) atoms. The molecule has 7 nitrogen and oxygen atoms in total. The van der Waals surface area contributed by atoms with Gasteiger partial charge in [-0.3, -0.25) is 19.9 Å². The van der Waals surface area contributed by atoms with E-state index in [-0.39, 0.29) is 23.9 Å². The fourth-order valence-electron chi connectivity index (χ4n) is 3.97. The van der Waals surface area contributed by atoms with Crippen LogP contribution < -0.4 is 5.32 Å². The number of hydrogen-bond acceptors (Lipinski definition) is 4. The monoisotopic (exact) mass is 442 g/mol. The topological polar surface area (TPSA) is 101 Å². The number of carbonyl (C=O) groups is 1. The van der Waals surface area contributed by atoms with E-state index in [0.29, 0.717) is 12.5 Å². The fraction of sp³-hybridized carbons (Fsp3) is 0.231. The minimum atomic E-state index is -0.409. The molecule has 0 saturated heterocycles. The number of aromatic amines is 1. The van der Waals surface area contributed by atoms with Crippen LogP contribution in [-0.2, 0) is 4.79 Å². The van der Waals surface area contributed by atoms with Gasteiger partial charge in [-0.1, -0.05) is 44.2 Å². The van der Waals surface area contributed by atoms with Crippen LogP contribution in [0.3, 0.4) is 0 Å². The maximum atomic E-state index is 12.8. The number of aromatic nitrogens is 2. The van der Waals surface area contributed by atoms with Gasteiger partial charge in [-0.2, -0.15) is 0 Å². The molecule has 0 fully saturated rings. The molecule has 2 aromatic heterocycles. The number of nitrogens with zero attached hydrogens (tertiary/aromatic N) is 2. The zero-order valence-electron chi connectivity index (χ0n) is 18.6. The van der Waals surface area contributed by atoms with Crippen LogP contribution in [0.15, 0.2) is 73.1 Å². The number of hydrogen-bond donors (Lipinski definition) is 2. The van der Waals surface area contributed by atoms with E-state index in [9.17, 15) is 14.9 Å². The van der Waals surface area contributed by atoms with Crippen molar-refractivity contribution in [3.05, 3.63) is 94.3 Å². The number of non-ortho nitro benzene ring substituents is 1. The van der Waals surface area contributed by atoms with E-state index in [2.05, 4.69) is 15.3 Å². The summed E-state index contributed by atoms with van der Waals surface area (Å²) in [6.07, 6.45) is 3.85. The Balaban J connectivity index is 1.74. The second kappa shape index (κ2) is 9.65. The molecule has 7 heteroatoms. The maximum absolute atomic E-state index is 12.8. The number of rotatable bonds is 8. The van der Waals surface area contributed by atoms with Gasteiger partial charge in [-0.15, -0.1) is 0 Å². The lowest BCUT2D eigenvalue weighted by Gasteiger charge is -2.18. The average molecular weight is 443 g/mol. The predicted octanol–water partition coefficient (Wildman–Crippen LogP) is 5.43. The normalized spacial score (nSPS) is 12.1. The summed E-state index contributed by atoms with van der Waals surface area (Å²) in [6.45, 7) is 4.66. The van der Waals surface area contributed by atoms with E-state index in [4.69, 9.17) is 0 Å². The summed E-state index contributed by atoms with van der Waals surface area (Å²) >= 11 is 0. The van der Waals surface area contributed by atoms with Crippen molar-refractivity contribution in [1.82, 2.24) is 15.3 Å². The third-order valence-electron chi connectivity index (χ3n) is 5.63. The third-order valence-corrected chi connectivity index (χ3v) is 5.63. The van der Waals surface area contributed by atoms with Crippen molar-refractivity contribution in [2.75, 3.05) is 6.54 Å². The van der Waals surface area contributed by atoms with Crippen LogP contribution in [0.25, 0.3) is 22.2 Å². The highest BCUT2D eigenvalue weighted by Gasteiger charge is 2.23. The van der Waals surface area contributed by atoms with Crippen molar-refractivity contribution in [2.24, 2.45) is 5.92 Å². The van der Waals surface area contributed by atoms with Gasteiger partial charge in [0.05, 0.1) is 10.6 Å².